The van der Waals surface area contributed by atoms with Crippen LogP contribution >= 0.6 is 0 Å². The molecule has 0 radical (unpaired) electrons. The molecule has 6 heteroatoms. The van der Waals surface area contributed by atoms with Gasteiger partial charge < -0.3 is 5.11 Å². The van der Waals surface area contributed by atoms with E-state index in [1.807, 2.05) is 0 Å². The van der Waals surface area contributed by atoms with Gasteiger partial charge in [-0.05, 0) is 31.5 Å². The summed E-state index contributed by atoms with van der Waals surface area (Å²) in [6.45, 7) is 3.25. The van der Waals surface area contributed by atoms with E-state index in [1.54, 1.807) is 26.0 Å². The van der Waals surface area contributed by atoms with Crippen LogP contribution in [0.1, 0.15) is 31.1 Å². The number of aliphatic hydroxyl groups is 1. The van der Waals surface area contributed by atoms with Gasteiger partial charge in [0.15, 0.2) is 5.69 Å². The lowest BCUT2D eigenvalue weighted by Gasteiger charge is -2.06. The molecule has 0 bridgehead atoms. The van der Waals surface area contributed by atoms with Crippen molar-refractivity contribution >= 4 is 10.9 Å². The fourth-order valence-corrected chi connectivity index (χ4v) is 1.89. The molecule has 98 valence electrons. The van der Waals surface area contributed by atoms with E-state index in [9.17, 15) is 13.2 Å². The number of benzene rings is 1. The first-order chi connectivity index (χ1) is 8.34. The van der Waals surface area contributed by atoms with Crippen LogP contribution in [0.4, 0.5) is 13.2 Å². The van der Waals surface area contributed by atoms with Gasteiger partial charge in [0.1, 0.15) is 0 Å². The Morgan fingerprint density at radius 1 is 1.33 bits per heavy atom. The summed E-state index contributed by atoms with van der Waals surface area (Å²) >= 11 is 0. The molecule has 0 unspecified atom stereocenters. The zero-order valence-corrected chi connectivity index (χ0v) is 9.99. The van der Waals surface area contributed by atoms with Crippen LogP contribution < -0.4 is 0 Å². The van der Waals surface area contributed by atoms with Crippen LogP contribution in [0.3, 0.4) is 0 Å². The minimum Gasteiger partial charge on any atom is -0.392 e. The van der Waals surface area contributed by atoms with E-state index in [0.717, 1.165) is 0 Å². The Balaban J connectivity index is 2.77. The number of alkyl halides is 3. The quantitative estimate of drug-likeness (QED) is 0.898. The number of halogens is 3. The van der Waals surface area contributed by atoms with Crippen molar-refractivity contribution in [1.29, 1.82) is 0 Å². The van der Waals surface area contributed by atoms with Gasteiger partial charge in [-0.15, -0.1) is 0 Å². The lowest BCUT2D eigenvalue weighted by Crippen LogP contribution is -2.09. The summed E-state index contributed by atoms with van der Waals surface area (Å²) < 4.78 is 40.0. The maximum Gasteiger partial charge on any atom is 0.435 e. The van der Waals surface area contributed by atoms with Crippen molar-refractivity contribution in [1.82, 2.24) is 9.78 Å². The first kappa shape index (κ1) is 12.9. The minimum absolute atomic E-state index is 0.0303. The van der Waals surface area contributed by atoms with Crippen LogP contribution in [-0.2, 0) is 12.8 Å². The van der Waals surface area contributed by atoms with Crippen LogP contribution in [-0.4, -0.2) is 14.9 Å². The van der Waals surface area contributed by atoms with Gasteiger partial charge >= 0.3 is 6.18 Å². The molecule has 3 nitrogen and oxygen atoms in total. The van der Waals surface area contributed by atoms with Crippen molar-refractivity contribution in [3.05, 3.63) is 29.5 Å². The molecule has 0 fully saturated rings. The Morgan fingerprint density at radius 3 is 2.50 bits per heavy atom. The highest BCUT2D eigenvalue weighted by Crippen LogP contribution is 2.35. The first-order valence-corrected chi connectivity index (χ1v) is 5.53. The predicted octanol–water partition coefficient (Wildman–Crippen LogP) is 3.13. The molecule has 1 N–H and O–H groups in total. The van der Waals surface area contributed by atoms with Gasteiger partial charge in [0.05, 0.1) is 12.1 Å². The molecule has 0 saturated heterocycles. The van der Waals surface area contributed by atoms with E-state index in [1.165, 1.54) is 10.7 Å². The van der Waals surface area contributed by atoms with E-state index in [4.69, 9.17) is 5.11 Å². The lowest BCUT2D eigenvalue weighted by atomic mass is 10.1. The Labute approximate surface area is 102 Å². The smallest absolute Gasteiger partial charge is 0.392 e. The van der Waals surface area contributed by atoms with Crippen LogP contribution in [0.5, 0.6) is 0 Å². The second-order valence-corrected chi connectivity index (χ2v) is 4.39. The standard InChI is InChI=1S/C12H13F3N2O/c1-7(2)17-10-4-3-8(6-18)5-9(10)11(16-17)12(13,14)15/h3-5,7,18H,6H2,1-2H3. The van der Waals surface area contributed by atoms with E-state index in [-0.39, 0.29) is 18.0 Å². The van der Waals surface area contributed by atoms with E-state index in [2.05, 4.69) is 5.10 Å². The molecule has 0 amide bonds. The largest absolute Gasteiger partial charge is 0.435 e. The molecule has 2 aromatic rings. The highest BCUT2D eigenvalue weighted by Gasteiger charge is 2.37. The number of aliphatic hydroxyl groups excluding tert-OH is 1. The highest BCUT2D eigenvalue weighted by molar-refractivity contribution is 5.83. The summed E-state index contributed by atoms with van der Waals surface area (Å²) in [6, 6.07) is 4.33. The molecular formula is C12H13F3N2O. The second-order valence-electron chi connectivity index (χ2n) is 4.39. The normalized spacial score (nSPS) is 12.6. The van der Waals surface area contributed by atoms with Gasteiger partial charge in [0.25, 0.3) is 0 Å². The third kappa shape index (κ3) is 2.08. The number of fused-ring (bicyclic) bond motifs is 1. The molecule has 1 aromatic carbocycles. The fraction of sp³-hybridized carbons (Fsp3) is 0.417. The Morgan fingerprint density at radius 2 is 2.00 bits per heavy atom. The first-order valence-electron chi connectivity index (χ1n) is 5.53. The number of hydrogen-bond acceptors (Lipinski definition) is 2. The SMILES string of the molecule is CC(C)n1nc(C(F)(F)F)c2cc(CO)ccc21. The number of nitrogens with zero attached hydrogens (tertiary/aromatic N) is 2. The van der Waals surface area contributed by atoms with Crippen molar-refractivity contribution in [3.63, 3.8) is 0 Å². The van der Waals surface area contributed by atoms with Gasteiger partial charge in [-0.1, -0.05) is 6.07 Å². The zero-order chi connectivity index (χ0) is 13.5. The zero-order valence-electron chi connectivity index (χ0n) is 9.99. The lowest BCUT2D eigenvalue weighted by molar-refractivity contribution is -0.140. The minimum atomic E-state index is -4.49. The topological polar surface area (TPSA) is 38.0 Å². The molecular weight excluding hydrogens is 245 g/mol. The molecule has 2 rings (SSSR count). The van der Waals surface area contributed by atoms with Crippen LogP contribution in [0.25, 0.3) is 10.9 Å². The highest BCUT2D eigenvalue weighted by atomic mass is 19.4. The Hall–Kier alpha value is -1.56. The average molecular weight is 258 g/mol. The van der Waals surface area contributed by atoms with Crippen LogP contribution in [0, 0.1) is 0 Å². The number of aromatic nitrogens is 2. The van der Waals surface area contributed by atoms with E-state index >= 15 is 0 Å². The van der Waals surface area contributed by atoms with Crippen LogP contribution in [0.2, 0.25) is 0 Å². The molecule has 0 aliphatic rings. The van der Waals surface area contributed by atoms with Crippen LogP contribution in [0.15, 0.2) is 18.2 Å². The van der Waals surface area contributed by atoms with Gasteiger partial charge in [-0.3, -0.25) is 4.68 Å². The fourth-order valence-electron chi connectivity index (χ4n) is 1.89. The van der Waals surface area contributed by atoms with Crippen molar-refractivity contribution in [2.45, 2.75) is 32.7 Å². The number of rotatable bonds is 2. The summed E-state index contributed by atoms with van der Waals surface area (Å²) in [5.74, 6) is 0. The predicted molar refractivity (Wildman–Crippen MR) is 61.0 cm³/mol. The van der Waals surface area contributed by atoms with Crippen molar-refractivity contribution < 1.29 is 18.3 Å². The molecule has 1 heterocycles. The summed E-state index contributed by atoms with van der Waals surface area (Å²) in [7, 11) is 0. The summed E-state index contributed by atoms with van der Waals surface area (Å²) in [5, 5.41) is 12.7. The van der Waals surface area contributed by atoms with Crippen molar-refractivity contribution in [2.75, 3.05) is 0 Å². The average Bonchev–Trinajstić information content (AvgIpc) is 2.66. The summed E-state index contributed by atoms with van der Waals surface area (Å²) in [4.78, 5) is 0. The van der Waals surface area contributed by atoms with Gasteiger partial charge in [0, 0.05) is 11.4 Å². The van der Waals surface area contributed by atoms with E-state index in [0.29, 0.717) is 11.1 Å². The summed E-state index contributed by atoms with van der Waals surface area (Å²) in [5.41, 5.74) is -0.0349. The maximum absolute atomic E-state index is 12.9. The maximum atomic E-state index is 12.9. The van der Waals surface area contributed by atoms with E-state index < -0.39 is 11.9 Å². The monoisotopic (exact) mass is 258 g/mol. The molecule has 0 atom stereocenters. The summed E-state index contributed by atoms with van der Waals surface area (Å²) in [6.07, 6.45) is -4.49. The Bertz CT molecular complexity index is 572. The molecule has 0 spiro atoms. The Kier molecular flexibility index (Phi) is 3.06. The van der Waals surface area contributed by atoms with Crippen molar-refractivity contribution in [3.8, 4) is 0 Å². The van der Waals surface area contributed by atoms with Gasteiger partial charge in [-0.25, -0.2) is 0 Å². The van der Waals surface area contributed by atoms with Crippen molar-refractivity contribution in [2.24, 2.45) is 0 Å². The molecule has 0 aliphatic heterocycles. The molecule has 1 aromatic heterocycles. The number of hydrogen-bond donors (Lipinski definition) is 1. The molecule has 0 saturated carbocycles. The van der Waals surface area contributed by atoms with Gasteiger partial charge in [0.2, 0.25) is 0 Å². The van der Waals surface area contributed by atoms with Gasteiger partial charge in [-0.2, -0.15) is 18.3 Å². The third-order valence-electron chi connectivity index (χ3n) is 2.71. The second kappa shape index (κ2) is 4.28. The molecule has 18 heavy (non-hydrogen) atoms. The molecule has 0 aliphatic carbocycles. The third-order valence-corrected chi connectivity index (χ3v) is 2.71.